The van der Waals surface area contributed by atoms with Crippen LogP contribution in [0.25, 0.3) is 0 Å². The molecule has 0 aliphatic carbocycles. The van der Waals surface area contributed by atoms with Crippen LogP contribution in [-0.2, 0) is 0 Å². The van der Waals surface area contributed by atoms with Crippen molar-refractivity contribution in [2.24, 2.45) is 0 Å². The lowest BCUT2D eigenvalue weighted by atomic mass is 10.3. The maximum atomic E-state index is 9.16. The summed E-state index contributed by atoms with van der Waals surface area (Å²) >= 11 is 0. The third kappa shape index (κ3) is 3.06. The van der Waals surface area contributed by atoms with E-state index in [9.17, 15) is 0 Å². The fraction of sp³-hybridized carbons (Fsp3) is 0.429. The fourth-order valence-electron chi connectivity index (χ4n) is 2.15. The Morgan fingerprint density at radius 3 is 2.38 bits per heavy atom. The van der Waals surface area contributed by atoms with Gasteiger partial charge in [-0.15, -0.1) is 0 Å². The summed E-state index contributed by atoms with van der Waals surface area (Å²) in [6.45, 7) is 7.09. The monoisotopic (exact) mass is 234 g/mol. The predicted octanol–water partition coefficient (Wildman–Crippen LogP) is 2.93. The molecular weight excluding hydrogens is 212 g/mol. The second-order valence-electron chi connectivity index (χ2n) is 4.73. The summed E-state index contributed by atoms with van der Waals surface area (Å²) in [6.07, 6.45) is 5.24. The van der Waals surface area contributed by atoms with Crippen LogP contribution in [0, 0.1) is 0 Å². The molecule has 0 saturated carbocycles. The average molecular weight is 234 g/mol. The van der Waals surface area contributed by atoms with Crippen LogP contribution in [0.5, 0.6) is 0 Å². The van der Waals surface area contributed by atoms with Gasteiger partial charge >= 0.3 is 0 Å². The quantitative estimate of drug-likeness (QED) is 0.613. The van der Waals surface area contributed by atoms with E-state index in [4.69, 9.17) is 5.11 Å². The zero-order valence-corrected chi connectivity index (χ0v) is 11.5. The molecule has 2 heteroatoms. The molecule has 1 N–H and O–H groups in total. The minimum atomic E-state index is -1.50. The lowest BCUT2D eigenvalue weighted by Crippen LogP contribution is -2.45. The normalized spacial score (nSPS) is 14.2. The van der Waals surface area contributed by atoms with Gasteiger partial charge in [0.25, 0.3) is 0 Å². The highest BCUT2D eigenvalue weighted by molar-refractivity contribution is 6.91. The third-order valence-corrected chi connectivity index (χ3v) is 7.47. The first-order valence-electron chi connectivity index (χ1n) is 5.92. The summed E-state index contributed by atoms with van der Waals surface area (Å²) in [6, 6.07) is 10.7. The summed E-state index contributed by atoms with van der Waals surface area (Å²) in [5, 5.41) is 10.6. The first kappa shape index (κ1) is 13.2. The highest BCUT2D eigenvalue weighted by atomic mass is 28.3. The van der Waals surface area contributed by atoms with E-state index in [1.807, 2.05) is 0 Å². The van der Waals surface area contributed by atoms with Gasteiger partial charge in [-0.3, -0.25) is 0 Å². The van der Waals surface area contributed by atoms with Crippen molar-refractivity contribution in [1.29, 1.82) is 0 Å². The van der Waals surface area contributed by atoms with Crippen LogP contribution in [0.15, 0.2) is 42.5 Å². The lowest BCUT2D eigenvalue weighted by Gasteiger charge is -2.30. The Bertz CT molecular complexity index is 330. The van der Waals surface area contributed by atoms with Crippen molar-refractivity contribution in [3.8, 4) is 0 Å². The van der Waals surface area contributed by atoms with E-state index in [1.54, 1.807) is 0 Å². The predicted molar refractivity (Wildman–Crippen MR) is 73.8 cm³/mol. The standard InChI is InChI=1S/C14H22OSi/c1-4-8-13(11-12-15)16(2,3)14-9-6-5-7-10-14/h4-10,13,15H,11-12H2,1-3H3/b8-4+/t13-/m0/s1. The van der Waals surface area contributed by atoms with E-state index in [0.717, 1.165) is 6.42 Å². The van der Waals surface area contributed by atoms with Crippen molar-refractivity contribution in [3.05, 3.63) is 42.5 Å². The molecule has 0 aliphatic heterocycles. The Hall–Kier alpha value is -0.863. The van der Waals surface area contributed by atoms with E-state index < -0.39 is 8.07 Å². The SMILES string of the molecule is C/C=C/[C@@H](CCO)[Si](C)(C)c1ccccc1. The van der Waals surface area contributed by atoms with Crippen molar-refractivity contribution >= 4 is 13.3 Å². The number of hydrogen-bond acceptors (Lipinski definition) is 1. The number of allylic oxidation sites excluding steroid dienone is 2. The van der Waals surface area contributed by atoms with Crippen molar-refractivity contribution in [2.75, 3.05) is 6.61 Å². The second-order valence-corrected chi connectivity index (χ2v) is 9.49. The van der Waals surface area contributed by atoms with Crippen LogP contribution in [0.1, 0.15) is 13.3 Å². The van der Waals surface area contributed by atoms with Crippen LogP contribution in [0.4, 0.5) is 0 Å². The summed E-state index contributed by atoms with van der Waals surface area (Å²) in [4.78, 5) is 0. The third-order valence-electron chi connectivity index (χ3n) is 3.31. The molecule has 0 unspecified atom stereocenters. The topological polar surface area (TPSA) is 20.2 Å². The van der Waals surface area contributed by atoms with Crippen LogP contribution in [0.2, 0.25) is 18.6 Å². The molecule has 1 atom stereocenters. The van der Waals surface area contributed by atoms with Gasteiger partial charge in [0.05, 0.1) is 8.07 Å². The first-order valence-corrected chi connectivity index (χ1v) is 9.00. The first-order chi connectivity index (χ1) is 7.62. The van der Waals surface area contributed by atoms with Crippen molar-refractivity contribution in [1.82, 2.24) is 0 Å². The molecule has 0 bridgehead atoms. The largest absolute Gasteiger partial charge is 0.396 e. The number of rotatable bonds is 5. The highest BCUT2D eigenvalue weighted by Gasteiger charge is 2.31. The van der Waals surface area contributed by atoms with Crippen molar-refractivity contribution in [2.45, 2.75) is 32.0 Å². The maximum Gasteiger partial charge on any atom is 0.0874 e. The Labute approximate surface area is 99.8 Å². The van der Waals surface area contributed by atoms with Gasteiger partial charge in [0.15, 0.2) is 0 Å². The molecule has 1 rings (SSSR count). The Morgan fingerprint density at radius 1 is 1.25 bits per heavy atom. The Kier molecular flexibility index (Phi) is 4.96. The van der Waals surface area contributed by atoms with Crippen molar-refractivity contribution in [3.63, 3.8) is 0 Å². The minimum Gasteiger partial charge on any atom is -0.396 e. The molecule has 0 heterocycles. The van der Waals surface area contributed by atoms with Gasteiger partial charge in [0.1, 0.15) is 0 Å². The highest BCUT2D eigenvalue weighted by Crippen LogP contribution is 2.26. The summed E-state index contributed by atoms with van der Waals surface area (Å²) < 4.78 is 0. The van der Waals surface area contributed by atoms with E-state index in [1.165, 1.54) is 5.19 Å². The molecule has 0 aromatic heterocycles. The van der Waals surface area contributed by atoms with Crippen LogP contribution in [-0.4, -0.2) is 19.8 Å². The lowest BCUT2D eigenvalue weighted by molar-refractivity contribution is 0.289. The molecule has 0 amide bonds. The molecule has 1 nitrogen and oxygen atoms in total. The Balaban J connectivity index is 2.97. The van der Waals surface area contributed by atoms with E-state index in [2.05, 4.69) is 62.5 Å². The van der Waals surface area contributed by atoms with Crippen LogP contribution >= 0.6 is 0 Å². The van der Waals surface area contributed by atoms with Crippen LogP contribution < -0.4 is 5.19 Å². The van der Waals surface area contributed by atoms with Gasteiger partial charge in [-0.1, -0.05) is 60.8 Å². The second kappa shape index (κ2) is 6.02. The molecule has 0 spiro atoms. The summed E-state index contributed by atoms with van der Waals surface area (Å²) in [5.41, 5.74) is 0.518. The van der Waals surface area contributed by atoms with Gasteiger partial charge in [-0.25, -0.2) is 0 Å². The van der Waals surface area contributed by atoms with E-state index in [-0.39, 0.29) is 6.61 Å². The minimum absolute atomic E-state index is 0.276. The van der Waals surface area contributed by atoms with Gasteiger partial charge in [0, 0.05) is 6.61 Å². The molecule has 0 aliphatic rings. The zero-order valence-electron chi connectivity index (χ0n) is 10.5. The van der Waals surface area contributed by atoms with Gasteiger partial charge in [-0.2, -0.15) is 0 Å². The van der Waals surface area contributed by atoms with E-state index >= 15 is 0 Å². The summed E-state index contributed by atoms with van der Waals surface area (Å²) in [5.74, 6) is 0. The maximum absolute atomic E-state index is 9.16. The van der Waals surface area contributed by atoms with Crippen LogP contribution in [0.3, 0.4) is 0 Å². The average Bonchev–Trinajstić information content (AvgIpc) is 2.30. The number of hydrogen-bond donors (Lipinski definition) is 1. The van der Waals surface area contributed by atoms with Gasteiger partial charge in [-0.05, 0) is 18.9 Å². The van der Waals surface area contributed by atoms with Gasteiger partial charge < -0.3 is 5.11 Å². The number of benzene rings is 1. The molecule has 0 saturated heterocycles. The molecule has 0 radical (unpaired) electrons. The van der Waals surface area contributed by atoms with Crippen molar-refractivity contribution < 1.29 is 5.11 Å². The fourth-order valence-corrected chi connectivity index (χ4v) is 5.15. The number of aliphatic hydroxyl groups excluding tert-OH is 1. The molecule has 88 valence electrons. The van der Waals surface area contributed by atoms with Gasteiger partial charge in [0.2, 0.25) is 0 Å². The molecule has 1 aromatic carbocycles. The summed E-state index contributed by atoms with van der Waals surface area (Å²) in [7, 11) is -1.50. The molecule has 0 fully saturated rings. The van der Waals surface area contributed by atoms with E-state index in [0.29, 0.717) is 5.54 Å². The smallest absolute Gasteiger partial charge is 0.0874 e. The zero-order chi connectivity index (χ0) is 12.0. The molecule has 1 aromatic rings. The molecule has 16 heavy (non-hydrogen) atoms. The number of aliphatic hydroxyl groups is 1. The Morgan fingerprint density at radius 2 is 1.88 bits per heavy atom. The molecular formula is C14H22OSi.